The second kappa shape index (κ2) is 5.05. The number of rotatable bonds is 3. The van der Waals surface area contributed by atoms with Crippen molar-refractivity contribution in [2.45, 2.75) is 19.4 Å². The standard InChI is InChI=1S/C15H20FN3O/c1-2-13-12-7-18-6-9(12)8-19(13)14-4-3-10(16)5-11(14)15(17)20/h3-5,9,12-13,18H,2,6-8H2,1H3,(H2,17,20). The van der Waals surface area contributed by atoms with Gasteiger partial charge >= 0.3 is 0 Å². The van der Waals surface area contributed by atoms with Crippen molar-refractivity contribution in [3.05, 3.63) is 29.6 Å². The molecule has 1 aromatic rings. The number of carbonyl (C=O) groups excluding carboxylic acids is 1. The number of nitrogens with zero attached hydrogens (tertiary/aromatic N) is 1. The van der Waals surface area contributed by atoms with Crippen LogP contribution < -0.4 is 16.0 Å². The Morgan fingerprint density at radius 1 is 1.50 bits per heavy atom. The van der Waals surface area contributed by atoms with E-state index in [-0.39, 0.29) is 5.56 Å². The lowest BCUT2D eigenvalue weighted by Crippen LogP contribution is -2.36. The molecule has 2 fully saturated rings. The third-order valence-corrected chi connectivity index (χ3v) is 4.67. The number of fused-ring (bicyclic) bond motifs is 1. The van der Waals surface area contributed by atoms with Gasteiger partial charge in [-0.05, 0) is 36.5 Å². The monoisotopic (exact) mass is 277 g/mol. The van der Waals surface area contributed by atoms with Crippen molar-refractivity contribution in [2.24, 2.45) is 17.6 Å². The van der Waals surface area contributed by atoms with Crippen LogP contribution in [0.4, 0.5) is 10.1 Å². The van der Waals surface area contributed by atoms with E-state index in [0.29, 0.717) is 17.9 Å². The molecule has 4 nitrogen and oxygen atoms in total. The van der Waals surface area contributed by atoms with Crippen molar-refractivity contribution in [2.75, 3.05) is 24.5 Å². The average Bonchev–Trinajstić information content (AvgIpc) is 2.98. The number of nitrogens with one attached hydrogen (secondary N) is 1. The van der Waals surface area contributed by atoms with E-state index in [1.807, 2.05) is 0 Å². The zero-order chi connectivity index (χ0) is 14.3. The summed E-state index contributed by atoms with van der Waals surface area (Å²) in [6, 6.07) is 4.72. The molecule has 1 amide bonds. The fraction of sp³-hybridized carbons (Fsp3) is 0.533. The van der Waals surface area contributed by atoms with Crippen molar-refractivity contribution in [1.29, 1.82) is 0 Å². The highest BCUT2D eigenvalue weighted by atomic mass is 19.1. The molecule has 3 N–H and O–H groups in total. The van der Waals surface area contributed by atoms with Crippen LogP contribution in [0.2, 0.25) is 0 Å². The van der Waals surface area contributed by atoms with Gasteiger partial charge in [0.1, 0.15) is 5.82 Å². The Morgan fingerprint density at radius 2 is 2.30 bits per heavy atom. The first-order valence-corrected chi connectivity index (χ1v) is 7.18. The molecule has 0 spiro atoms. The van der Waals surface area contributed by atoms with Gasteiger partial charge in [0.25, 0.3) is 5.91 Å². The van der Waals surface area contributed by atoms with Gasteiger partial charge in [0.2, 0.25) is 0 Å². The highest BCUT2D eigenvalue weighted by Gasteiger charge is 2.43. The van der Waals surface area contributed by atoms with Crippen LogP contribution in [0.1, 0.15) is 23.7 Å². The normalized spacial score (nSPS) is 28.7. The van der Waals surface area contributed by atoms with Crippen molar-refractivity contribution in [3.63, 3.8) is 0 Å². The molecule has 0 radical (unpaired) electrons. The molecule has 3 unspecified atom stereocenters. The van der Waals surface area contributed by atoms with Gasteiger partial charge in [-0.1, -0.05) is 6.92 Å². The van der Waals surface area contributed by atoms with E-state index in [9.17, 15) is 9.18 Å². The first-order chi connectivity index (χ1) is 9.61. The molecule has 2 saturated heterocycles. The van der Waals surface area contributed by atoms with Crippen LogP contribution in [-0.4, -0.2) is 31.6 Å². The summed E-state index contributed by atoms with van der Waals surface area (Å²) in [5, 5.41) is 3.43. The molecule has 0 aromatic heterocycles. The molecule has 0 bridgehead atoms. The van der Waals surface area contributed by atoms with E-state index in [1.165, 1.54) is 12.1 Å². The maximum Gasteiger partial charge on any atom is 0.250 e. The average molecular weight is 277 g/mol. The number of nitrogens with two attached hydrogens (primary N) is 1. The van der Waals surface area contributed by atoms with E-state index >= 15 is 0 Å². The fourth-order valence-electron chi connectivity index (χ4n) is 3.78. The maximum absolute atomic E-state index is 13.4. The smallest absolute Gasteiger partial charge is 0.250 e. The van der Waals surface area contributed by atoms with Crippen LogP contribution in [0.5, 0.6) is 0 Å². The molecule has 2 heterocycles. The minimum atomic E-state index is -0.565. The number of amides is 1. The van der Waals surface area contributed by atoms with Gasteiger partial charge in [-0.2, -0.15) is 0 Å². The number of hydrogen-bond donors (Lipinski definition) is 2. The number of benzene rings is 1. The summed E-state index contributed by atoms with van der Waals surface area (Å²) in [6.45, 7) is 5.10. The summed E-state index contributed by atoms with van der Waals surface area (Å²) >= 11 is 0. The second-order valence-corrected chi connectivity index (χ2v) is 5.74. The van der Waals surface area contributed by atoms with Crippen LogP contribution in [0.3, 0.4) is 0 Å². The largest absolute Gasteiger partial charge is 0.367 e. The Kier molecular flexibility index (Phi) is 3.38. The summed E-state index contributed by atoms with van der Waals surface area (Å²) in [5.41, 5.74) is 6.48. The first kappa shape index (κ1) is 13.4. The number of carbonyl (C=O) groups is 1. The summed E-state index contributed by atoms with van der Waals surface area (Å²) in [6.07, 6.45) is 1.01. The summed E-state index contributed by atoms with van der Waals surface area (Å²) in [5.74, 6) is 0.220. The molecule has 108 valence electrons. The Morgan fingerprint density at radius 3 is 3.00 bits per heavy atom. The van der Waals surface area contributed by atoms with Gasteiger partial charge in [0, 0.05) is 31.4 Å². The molecule has 0 aliphatic carbocycles. The highest BCUT2D eigenvalue weighted by molar-refractivity contribution is 5.98. The van der Waals surface area contributed by atoms with Gasteiger partial charge < -0.3 is 16.0 Å². The summed E-state index contributed by atoms with van der Waals surface area (Å²) in [7, 11) is 0. The molecule has 3 rings (SSSR count). The quantitative estimate of drug-likeness (QED) is 0.877. The molecular formula is C15H20FN3O. The summed E-state index contributed by atoms with van der Waals surface area (Å²) < 4.78 is 13.4. The topological polar surface area (TPSA) is 58.4 Å². The highest BCUT2D eigenvalue weighted by Crippen LogP contribution is 2.38. The molecular weight excluding hydrogens is 257 g/mol. The van der Waals surface area contributed by atoms with Crippen molar-refractivity contribution in [1.82, 2.24) is 5.32 Å². The van der Waals surface area contributed by atoms with E-state index in [1.54, 1.807) is 6.07 Å². The minimum Gasteiger partial charge on any atom is -0.367 e. The zero-order valence-corrected chi connectivity index (χ0v) is 11.6. The lowest BCUT2D eigenvalue weighted by Gasteiger charge is -2.30. The molecule has 1 aromatic carbocycles. The van der Waals surface area contributed by atoms with Crippen molar-refractivity contribution < 1.29 is 9.18 Å². The Labute approximate surface area is 118 Å². The SMILES string of the molecule is CCC1C2CNCC2CN1c1ccc(F)cc1C(N)=O. The van der Waals surface area contributed by atoms with Crippen LogP contribution in [-0.2, 0) is 0 Å². The van der Waals surface area contributed by atoms with E-state index in [4.69, 9.17) is 5.73 Å². The number of anilines is 1. The fourth-order valence-corrected chi connectivity index (χ4v) is 3.78. The second-order valence-electron chi connectivity index (χ2n) is 5.74. The summed E-state index contributed by atoms with van der Waals surface area (Å²) in [4.78, 5) is 13.8. The Bertz CT molecular complexity index is 534. The zero-order valence-electron chi connectivity index (χ0n) is 11.6. The van der Waals surface area contributed by atoms with Crippen LogP contribution in [0.15, 0.2) is 18.2 Å². The Hall–Kier alpha value is -1.62. The van der Waals surface area contributed by atoms with E-state index < -0.39 is 11.7 Å². The third-order valence-electron chi connectivity index (χ3n) is 4.67. The van der Waals surface area contributed by atoms with Crippen LogP contribution in [0.25, 0.3) is 0 Å². The predicted molar refractivity (Wildman–Crippen MR) is 76.2 cm³/mol. The van der Waals surface area contributed by atoms with Gasteiger partial charge in [0.15, 0.2) is 0 Å². The molecule has 2 aliphatic heterocycles. The van der Waals surface area contributed by atoms with Gasteiger partial charge in [-0.3, -0.25) is 4.79 Å². The molecule has 0 saturated carbocycles. The molecule has 3 atom stereocenters. The number of primary amides is 1. The Balaban J connectivity index is 1.98. The van der Waals surface area contributed by atoms with Crippen LogP contribution >= 0.6 is 0 Å². The molecule has 2 aliphatic rings. The van der Waals surface area contributed by atoms with Crippen LogP contribution in [0, 0.1) is 17.7 Å². The number of hydrogen-bond acceptors (Lipinski definition) is 3. The van der Waals surface area contributed by atoms with Gasteiger partial charge in [-0.25, -0.2) is 4.39 Å². The van der Waals surface area contributed by atoms with E-state index in [2.05, 4.69) is 17.1 Å². The minimum absolute atomic E-state index is 0.288. The van der Waals surface area contributed by atoms with Crippen molar-refractivity contribution >= 4 is 11.6 Å². The molecule has 5 heteroatoms. The number of halogens is 1. The van der Waals surface area contributed by atoms with Gasteiger partial charge in [0.05, 0.1) is 5.56 Å². The third kappa shape index (κ3) is 2.06. The lowest BCUT2D eigenvalue weighted by molar-refractivity contribution is 0.1000. The van der Waals surface area contributed by atoms with E-state index in [0.717, 1.165) is 31.7 Å². The predicted octanol–water partition coefficient (Wildman–Crippen LogP) is 1.36. The van der Waals surface area contributed by atoms with Gasteiger partial charge in [-0.15, -0.1) is 0 Å². The lowest BCUT2D eigenvalue weighted by atomic mass is 9.92. The molecule has 20 heavy (non-hydrogen) atoms. The maximum atomic E-state index is 13.4. The first-order valence-electron chi connectivity index (χ1n) is 7.18. The van der Waals surface area contributed by atoms with Crippen molar-refractivity contribution in [3.8, 4) is 0 Å².